The molecule has 0 radical (unpaired) electrons. The zero-order valence-electron chi connectivity index (χ0n) is 14.0. The van der Waals surface area contributed by atoms with Crippen molar-refractivity contribution in [3.05, 3.63) is 58.1 Å². The number of hydrogen-bond acceptors (Lipinski definition) is 3. The molecule has 0 fully saturated rings. The molecule has 0 aliphatic rings. The summed E-state index contributed by atoms with van der Waals surface area (Å²) in [7, 11) is 0. The number of fused-ring (bicyclic) bond motifs is 1. The van der Waals surface area contributed by atoms with Gasteiger partial charge in [-0.2, -0.15) is 0 Å². The van der Waals surface area contributed by atoms with Crippen LogP contribution in [0.4, 0.5) is 0 Å². The van der Waals surface area contributed by atoms with Gasteiger partial charge in [0.15, 0.2) is 0 Å². The second-order valence-corrected chi connectivity index (χ2v) is 6.02. The number of carbonyl (C=O) groups excluding carboxylic acids is 1. The summed E-state index contributed by atoms with van der Waals surface area (Å²) in [5, 5.41) is 0. The van der Waals surface area contributed by atoms with Crippen molar-refractivity contribution in [3.8, 4) is 11.3 Å². The van der Waals surface area contributed by atoms with Crippen molar-refractivity contribution in [2.45, 2.75) is 39.7 Å². The van der Waals surface area contributed by atoms with Crippen LogP contribution in [-0.2, 0) is 6.54 Å². The van der Waals surface area contributed by atoms with E-state index in [1.165, 1.54) is 0 Å². The molecule has 124 valence electrons. The topological polar surface area (TPSA) is 56.4 Å². The maximum atomic E-state index is 12.3. The summed E-state index contributed by atoms with van der Waals surface area (Å²) in [6.45, 7) is 4.97. The van der Waals surface area contributed by atoms with Crippen molar-refractivity contribution in [2.75, 3.05) is 0 Å². The van der Waals surface area contributed by atoms with Gasteiger partial charge in [0.1, 0.15) is 6.29 Å². The minimum atomic E-state index is -0.0718. The van der Waals surface area contributed by atoms with Crippen molar-refractivity contribution in [3.63, 3.8) is 0 Å². The summed E-state index contributed by atoms with van der Waals surface area (Å²) in [6.07, 6.45) is 5.94. The summed E-state index contributed by atoms with van der Waals surface area (Å²) < 4.78 is 3.70. The zero-order chi connectivity index (χ0) is 17.1. The smallest absolute Gasteiger partial charge is 0.259 e. The van der Waals surface area contributed by atoms with Gasteiger partial charge in [-0.15, -0.1) is 0 Å². The monoisotopic (exact) mass is 323 g/mol. The summed E-state index contributed by atoms with van der Waals surface area (Å²) in [5.74, 6) is 0.672. The number of imidazole rings is 1. The van der Waals surface area contributed by atoms with E-state index in [4.69, 9.17) is 0 Å². The molecular formula is C19H21N3O2. The molecule has 0 saturated heterocycles. The Morgan fingerprint density at radius 1 is 1.17 bits per heavy atom. The lowest BCUT2D eigenvalue weighted by Gasteiger charge is -2.11. The van der Waals surface area contributed by atoms with E-state index in [1.54, 1.807) is 28.8 Å². The highest BCUT2D eigenvalue weighted by Crippen LogP contribution is 2.19. The van der Waals surface area contributed by atoms with Gasteiger partial charge in [0.2, 0.25) is 5.78 Å². The summed E-state index contributed by atoms with van der Waals surface area (Å²) >= 11 is 0. The molecule has 0 aliphatic carbocycles. The van der Waals surface area contributed by atoms with Gasteiger partial charge < -0.3 is 4.57 Å². The normalized spacial score (nSPS) is 11.1. The van der Waals surface area contributed by atoms with Crippen LogP contribution in [-0.4, -0.2) is 20.2 Å². The number of rotatable bonds is 6. The minimum absolute atomic E-state index is 0.0718. The van der Waals surface area contributed by atoms with Crippen molar-refractivity contribution < 1.29 is 4.79 Å². The highest BCUT2D eigenvalue weighted by atomic mass is 16.1. The molecule has 5 nitrogen and oxygen atoms in total. The third-order valence-electron chi connectivity index (χ3n) is 4.25. The van der Waals surface area contributed by atoms with Gasteiger partial charge in [-0.25, -0.2) is 4.98 Å². The summed E-state index contributed by atoms with van der Waals surface area (Å²) in [4.78, 5) is 27.7. The SMILES string of the molecule is CCCCCn1c(C)cc(=O)n2cc(-c3ccc(C=O)cc3)nc12. The zero-order valence-corrected chi connectivity index (χ0v) is 14.0. The average Bonchev–Trinajstić information content (AvgIpc) is 3.03. The molecular weight excluding hydrogens is 302 g/mol. The Hall–Kier alpha value is -2.69. The first-order chi connectivity index (χ1) is 11.6. The first kappa shape index (κ1) is 16.2. The Morgan fingerprint density at radius 2 is 1.92 bits per heavy atom. The second kappa shape index (κ2) is 6.83. The molecule has 3 aromatic rings. The molecule has 0 spiro atoms. The third-order valence-corrected chi connectivity index (χ3v) is 4.25. The number of aryl methyl sites for hydroxylation is 2. The number of nitrogens with zero attached hydrogens (tertiary/aromatic N) is 3. The van der Waals surface area contributed by atoms with Gasteiger partial charge in [0.05, 0.1) is 5.69 Å². The molecule has 0 aliphatic heterocycles. The van der Waals surface area contributed by atoms with Crippen molar-refractivity contribution in [2.24, 2.45) is 0 Å². The fourth-order valence-electron chi connectivity index (χ4n) is 2.87. The minimum Gasteiger partial charge on any atom is -0.315 e. The maximum Gasteiger partial charge on any atom is 0.259 e. The molecule has 1 aromatic carbocycles. The lowest BCUT2D eigenvalue weighted by molar-refractivity contribution is 0.112. The van der Waals surface area contributed by atoms with Crippen LogP contribution in [0.3, 0.4) is 0 Å². The van der Waals surface area contributed by atoms with Gasteiger partial charge in [0.25, 0.3) is 5.56 Å². The molecule has 3 rings (SSSR count). The van der Waals surface area contributed by atoms with Crippen molar-refractivity contribution >= 4 is 12.1 Å². The van der Waals surface area contributed by atoms with Gasteiger partial charge in [-0.05, 0) is 13.3 Å². The molecule has 24 heavy (non-hydrogen) atoms. The highest BCUT2D eigenvalue weighted by Gasteiger charge is 2.11. The Bertz CT molecular complexity index is 920. The number of carbonyl (C=O) groups is 1. The Labute approximate surface area is 140 Å². The van der Waals surface area contributed by atoms with Crippen molar-refractivity contribution in [1.29, 1.82) is 0 Å². The second-order valence-electron chi connectivity index (χ2n) is 6.02. The first-order valence-corrected chi connectivity index (χ1v) is 8.29. The lowest BCUT2D eigenvalue weighted by atomic mass is 10.1. The number of hydrogen-bond donors (Lipinski definition) is 0. The molecule has 0 unspecified atom stereocenters. The van der Waals surface area contributed by atoms with Gasteiger partial charge >= 0.3 is 0 Å². The van der Waals surface area contributed by atoms with E-state index in [-0.39, 0.29) is 5.56 Å². The van der Waals surface area contributed by atoms with Crippen LogP contribution in [0.5, 0.6) is 0 Å². The van der Waals surface area contributed by atoms with E-state index in [9.17, 15) is 9.59 Å². The van der Waals surface area contributed by atoms with Crippen LogP contribution in [0.15, 0.2) is 41.3 Å². The third kappa shape index (κ3) is 3.02. The van der Waals surface area contributed by atoms with Gasteiger partial charge in [-0.1, -0.05) is 44.0 Å². The van der Waals surface area contributed by atoms with E-state index in [2.05, 4.69) is 16.5 Å². The van der Waals surface area contributed by atoms with E-state index in [0.717, 1.165) is 49.0 Å². The fraction of sp³-hybridized carbons (Fsp3) is 0.316. The quantitative estimate of drug-likeness (QED) is 0.515. The number of aromatic nitrogens is 3. The molecule has 2 heterocycles. The number of unbranched alkanes of at least 4 members (excludes halogenated alkanes) is 2. The molecule has 0 bridgehead atoms. The predicted molar refractivity (Wildman–Crippen MR) is 94.5 cm³/mol. The number of benzene rings is 1. The average molecular weight is 323 g/mol. The van der Waals surface area contributed by atoms with E-state index in [0.29, 0.717) is 11.3 Å². The largest absolute Gasteiger partial charge is 0.315 e. The van der Waals surface area contributed by atoms with Gasteiger partial charge in [-0.3, -0.25) is 14.0 Å². The Balaban J connectivity index is 2.08. The van der Waals surface area contributed by atoms with E-state index in [1.807, 2.05) is 19.1 Å². The summed E-state index contributed by atoms with van der Waals surface area (Å²) in [6, 6.07) is 8.87. The van der Waals surface area contributed by atoms with Crippen LogP contribution < -0.4 is 5.56 Å². The molecule has 2 aromatic heterocycles. The summed E-state index contributed by atoms with van der Waals surface area (Å²) in [5.41, 5.74) is 3.10. The Morgan fingerprint density at radius 3 is 2.58 bits per heavy atom. The van der Waals surface area contributed by atoms with E-state index < -0.39 is 0 Å². The molecule has 0 atom stereocenters. The fourth-order valence-corrected chi connectivity index (χ4v) is 2.87. The van der Waals surface area contributed by atoms with Crippen LogP contribution in [0.2, 0.25) is 0 Å². The van der Waals surface area contributed by atoms with Crippen LogP contribution in [0, 0.1) is 6.92 Å². The van der Waals surface area contributed by atoms with Crippen molar-refractivity contribution in [1.82, 2.24) is 14.0 Å². The van der Waals surface area contributed by atoms with Gasteiger partial charge in [0, 0.05) is 35.6 Å². The molecule has 0 N–H and O–H groups in total. The van der Waals surface area contributed by atoms with Crippen LogP contribution >= 0.6 is 0 Å². The standard InChI is InChI=1S/C19H21N3O2/c1-3-4-5-10-21-14(2)11-18(24)22-12-17(20-19(21)22)16-8-6-15(13-23)7-9-16/h6-9,11-13H,3-5,10H2,1-2H3. The van der Waals surface area contributed by atoms with Crippen LogP contribution in [0.1, 0.15) is 42.2 Å². The van der Waals surface area contributed by atoms with E-state index >= 15 is 0 Å². The molecule has 5 heteroatoms. The highest BCUT2D eigenvalue weighted by molar-refractivity contribution is 5.76. The molecule has 0 amide bonds. The number of aldehydes is 1. The lowest BCUT2D eigenvalue weighted by Crippen LogP contribution is -2.18. The molecule has 0 saturated carbocycles. The van der Waals surface area contributed by atoms with Crippen LogP contribution in [0.25, 0.3) is 17.0 Å². The maximum absolute atomic E-state index is 12.3. The first-order valence-electron chi connectivity index (χ1n) is 8.29. The Kier molecular flexibility index (Phi) is 4.60. The predicted octanol–water partition coefficient (Wildman–Crippen LogP) is 3.47.